The van der Waals surface area contributed by atoms with Crippen molar-refractivity contribution in [3.05, 3.63) is 46.8 Å². The van der Waals surface area contributed by atoms with E-state index in [0.29, 0.717) is 10.4 Å². The fourth-order valence-corrected chi connectivity index (χ4v) is 1.52. The summed E-state index contributed by atoms with van der Waals surface area (Å²) in [6, 6.07) is 6.08. The Bertz CT molecular complexity index is 549. The molecule has 0 fully saturated rings. The summed E-state index contributed by atoms with van der Waals surface area (Å²) in [6.45, 7) is 1.60. The molecule has 0 spiro atoms. The minimum atomic E-state index is -4.38. The average Bonchev–Trinajstić information content (AvgIpc) is 2.22. The fraction of sp³-hybridized carbons (Fsp3) is 0.182. The van der Waals surface area contributed by atoms with Gasteiger partial charge in [-0.15, -0.1) is 0 Å². The number of benzene rings is 1. The second-order valence-electron chi connectivity index (χ2n) is 3.54. The molecule has 0 saturated carbocycles. The average molecular weight is 227 g/mol. The van der Waals surface area contributed by atoms with Crippen molar-refractivity contribution < 1.29 is 17.9 Å². The van der Waals surface area contributed by atoms with Crippen molar-refractivity contribution in [2.75, 3.05) is 0 Å². The Morgan fingerprint density at radius 3 is 2.44 bits per heavy atom. The molecule has 2 rings (SSSR count). The van der Waals surface area contributed by atoms with Gasteiger partial charge in [0, 0.05) is 24.4 Å². The molecule has 1 heterocycles. The third-order valence-corrected chi connectivity index (χ3v) is 2.40. The first-order valence-electron chi connectivity index (χ1n) is 4.60. The highest BCUT2D eigenvalue weighted by Gasteiger charge is 2.30. The number of hydrogen-bond acceptors (Lipinski definition) is 1. The van der Waals surface area contributed by atoms with Gasteiger partial charge in [-0.25, -0.2) is 0 Å². The highest BCUT2D eigenvalue weighted by molar-refractivity contribution is 5.76. The molecular weight excluding hydrogens is 219 g/mol. The molecular formula is C11H8F3NO. The van der Waals surface area contributed by atoms with Crippen LogP contribution in [0.4, 0.5) is 13.2 Å². The van der Waals surface area contributed by atoms with Crippen molar-refractivity contribution in [3.63, 3.8) is 0 Å². The molecule has 0 aliphatic rings. The van der Waals surface area contributed by atoms with E-state index in [1.165, 1.54) is 18.2 Å². The summed E-state index contributed by atoms with van der Waals surface area (Å²) in [5.74, 6) is 0. The van der Waals surface area contributed by atoms with Crippen LogP contribution >= 0.6 is 0 Å². The molecule has 2 nitrogen and oxygen atoms in total. The first-order valence-corrected chi connectivity index (χ1v) is 4.60. The molecule has 0 N–H and O–H groups in total. The maximum Gasteiger partial charge on any atom is 0.416 e. The predicted octanol–water partition coefficient (Wildman–Crippen LogP) is 2.80. The lowest BCUT2D eigenvalue weighted by molar-refractivity contribution is -0.584. The van der Waals surface area contributed by atoms with E-state index in [0.717, 1.165) is 12.1 Å². The Balaban J connectivity index is 2.70. The maximum atomic E-state index is 12.4. The minimum absolute atomic E-state index is 0.244. The van der Waals surface area contributed by atoms with Gasteiger partial charge in [0.05, 0.1) is 5.56 Å². The van der Waals surface area contributed by atoms with Gasteiger partial charge in [0.1, 0.15) is 0 Å². The highest BCUT2D eigenvalue weighted by Crippen LogP contribution is 2.30. The number of hydrogen-bond donors (Lipinski definition) is 0. The summed E-state index contributed by atoms with van der Waals surface area (Å²) in [6.07, 6.45) is -4.38. The van der Waals surface area contributed by atoms with Gasteiger partial charge in [-0.3, -0.25) is 0 Å². The Morgan fingerprint density at radius 2 is 1.81 bits per heavy atom. The number of fused-ring (bicyclic) bond motifs is 1. The summed E-state index contributed by atoms with van der Waals surface area (Å²) in [7, 11) is 0. The van der Waals surface area contributed by atoms with Crippen molar-refractivity contribution in [2.45, 2.75) is 13.1 Å². The van der Waals surface area contributed by atoms with Gasteiger partial charge in [0.25, 0.3) is 0 Å². The third kappa shape index (κ3) is 1.68. The van der Waals surface area contributed by atoms with Gasteiger partial charge in [0.15, 0.2) is 5.69 Å². The van der Waals surface area contributed by atoms with Crippen LogP contribution in [-0.2, 0) is 6.18 Å². The van der Waals surface area contributed by atoms with E-state index < -0.39 is 11.7 Å². The molecule has 0 aliphatic carbocycles. The zero-order chi connectivity index (χ0) is 11.9. The van der Waals surface area contributed by atoms with E-state index in [-0.39, 0.29) is 10.9 Å². The number of pyridine rings is 1. The van der Waals surface area contributed by atoms with Crippen LogP contribution in [0, 0.1) is 12.1 Å². The summed E-state index contributed by atoms with van der Waals surface area (Å²) < 4.78 is 37.9. The first kappa shape index (κ1) is 10.7. The Kier molecular flexibility index (Phi) is 2.26. The Labute approximate surface area is 89.5 Å². The van der Waals surface area contributed by atoms with Crippen LogP contribution in [0.2, 0.25) is 0 Å². The molecule has 0 amide bonds. The molecule has 2 aromatic rings. The normalized spacial score (nSPS) is 12.0. The monoisotopic (exact) mass is 227 g/mol. The van der Waals surface area contributed by atoms with Crippen LogP contribution in [-0.4, -0.2) is 0 Å². The zero-order valence-electron chi connectivity index (χ0n) is 8.38. The maximum absolute atomic E-state index is 12.4. The van der Waals surface area contributed by atoms with Crippen molar-refractivity contribution in [1.82, 2.24) is 0 Å². The quantitative estimate of drug-likeness (QED) is 0.502. The lowest BCUT2D eigenvalue weighted by atomic mass is 10.1. The van der Waals surface area contributed by atoms with Gasteiger partial charge in [-0.2, -0.15) is 17.9 Å². The summed E-state index contributed by atoms with van der Waals surface area (Å²) in [4.78, 5) is 0. The lowest BCUT2D eigenvalue weighted by Crippen LogP contribution is -2.30. The third-order valence-electron chi connectivity index (χ3n) is 2.40. The van der Waals surface area contributed by atoms with Crippen molar-refractivity contribution in [3.8, 4) is 0 Å². The van der Waals surface area contributed by atoms with E-state index in [1.807, 2.05) is 0 Å². The van der Waals surface area contributed by atoms with Crippen LogP contribution in [0.1, 0.15) is 11.3 Å². The van der Waals surface area contributed by atoms with E-state index in [4.69, 9.17) is 0 Å². The Hall–Kier alpha value is -1.78. The molecule has 5 heteroatoms. The molecule has 0 atom stereocenters. The SMILES string of the molecule is Cc1ccc2cc(C(F)(F)F)ccc2[n+]1[O-]. The molecule has 1 aromatic heterocycles. The standard InChI is InChI=1S/C11H8F3NO/c1-7-2-3-8-6-9(11(12,13)14)4-5-10(8)15(7)16/h2-6H,1H3. The van der Waals surface area contributed by atoms with Crippen molar-refractivity contribution in [2.24, 2.45) is 0 Å². The van der Waals surface area contributed by atoms with E-state index in [9.17, 15) is 18.4 Å². The van der Waals surface area contributed by atoms with Gasteiger partial charge in [0.2, 0.25) is 5.52 Å². The number of rotatable bonds is 0. The van der Waals surface area contributed by atoms with Crippen LogP contribution in [0.15, 0.2) is 30.3 Å². The molecule has 0 saturated heterocycles. The van der Waals surface area contributed by atoms with Crippen LogP contribution in [0.5, 0.6) is 0 Å². The molecule has 84 valence electrons. The molecule has 1 aromatic carbocycles. The first-order chi connectivity index (χ1) is 7.39. The number of aryl methyl sites for hydroxylation is 1. The van der Waals surface area contributed by atoms with Crippen molar-refractivity contribution in [1.29, 1.82) is 0 Å². The number of alkyl halides is 3. The minimum Gasteiger partial charge on any atom is -0.618 e. The smallest absolute Gasteiger partial charge is 0.416 e. The molecule has 0 unspecified atom stereocenters. The number of nitrogens with zero attached hydrogens (tertiary/aromatic N) is 1. The predicted molar refractivity (Wildman–Crippen MR) is 52.6 cm³/mol. The van der Waals surface area contributed by atoms with Gasteiger partial charge in [-0.05, 0) is 18.2 Å². The zero-order valence-corrected chi connectivity index (χ0v) is 8.38. The number of aromatic nitrogens is 1. The van der Waals surface area contributed by atoms with Crippen molar-refractivity contribution >= 4 is 10.9 Å². The topological polar surface area (TPSA) is 26.9 Å². The van der Waals surface area contributed by atoms with Crippen LogP contribution in [0.25, 0.3) is 10.9 Å². The largest absolute Gasteiger partial charge is 0.618 e. The lowest BCUT2D eigenvalue weighted by Gasteiger charge is -2.08. The number of halogens is 3. The molecule has 16 heavy (non-hydrogen) atoms. The highest BCUT2D eigenvalue weighted by atomic mass is 19.4. The fourth-order valence-electron chi connectivity index (χ4n) is 1.52. The van der Waals surface area contributed by atoms with Gasteiger partial charge >= 0.3 is 6.18 Å². The molecule has 0 bridgehead atoms. The van der Waals surface area contributed by atoms with Crippen LogP contribution in [0.3, 0.4) is 0 Å². The summed E-state index contributed by atoms with van der Waals surface area (Å²) >= 11 is 0. The van der Waals surface area contributed by atoms with Gasteiger partial charge in [-0.1, -0.05) is 0 Å². The van der Waals surface area contributed by atoms with E-state index in [2.05, 4.69) is 0 Å². The van der Waals surface area contributed by atoms with Gasteiger partial charge < -0.3 is 5.21 Å². The summed E-state index contributed by atoms with van der Waals surface area (Å²) in [5.41, 5.74) is -0.0517. The second kappa shape index (κ2) is 3.37. The summed E-state index contributed by atoms with van der Waals surface area (Å²) in [5, 5.41) is 11.8. The molecule has 0 radical (unpaired) electrons. The molecule has 0 aliphatic heterocycles. The van der Waals surface area contributed by atoms with E-state index in [1.54, 1.807) is 6.92 Å². The van der Waals surface area contributed by atoms with E-state index >= 15 is 0 Å². The Morgan fingerprint density at radius 1 is 1.12 bits per heavy atom. The second-order valence-corrected chi connectivity index (χ2v) is 3.54. The van der Waals surface area contributed by atoms with Crippen LogP contribution < -0.4 is 4.73 Å².